The summed E-state index contributed by atoms with van der Waals surface area (Å²) in [6, 6.07) is 7.18. The lowest BCUT2D eigenvalue weighted by molar-refractivity contribution is -0.229. The van der Waals surface area contributed by atoms with E-state index in [1.165, 1.54) is 0 Å². The van der Waals surface area contributed by atoms with Crippen molar-refractivity contribution in [2.45, 2.75) is 38.3 Å². The quantitative estimate of drug-likeness (QED) is 0.870. The predicted molar refractivity (Wildman–Crippen MR) is 97.7 cm³/mol. The van der Waals surface area contributed by atoms with Crippen molar-refractivity contribution < 1.29 is 14.3 Å². The summed E-state index contributed by atoms with van der Waals surface area (Å²) >= 11 is 5.86. The Balaban J connectivity index is 1.59. The Bertz CT molecular complexity index is 634. The zero-order valence-electron chi connectivity index (χ0n) is 15.1. The van der Waals surface area contributed by atoms with Crippen LogP contribution < -0.4 is 10.5 Å². The van der Waals surface area contributed by atoms with Crippen LogP contribution in [0.4, 0.5) is 0 Å². The highest BCUT2D eigenvalue weighted by molar-refractivity contribution is 6.30. The summed E-state index contributed by atoms with van der Waals surface area (Å²) in [7, 11) is 1.79. The lowest BCUT2D eigenvalue weighted by Crippen LogP contribution is -2.82. The zero-order valence-corrected chi connectivity index (χ0v) is 15.9. The van der Waals surface area contributed by atoms with Crippen molar-refractivity contribution in [3.63, 3.8) is 0 Å². The maximum atomic E-state index is 13.1. The lowest BCUT2D eigenvalue weighted by Gasteiger charge is -2.65. The number of nitrogens with zero attached hydrogens (tertiary/aromatic N) is 1. The van der Waals surface area contributed by atoms with Crippen LogP contribution in [-0.2, 0) is 9.53 Å². The van der Waals surface area contributed by atoms with Crippen molar-refractivity contribution in [2.75, 3.05) is 26.8 Å². The normalized spacial score (nSPS) is 30.1. The molecular weight excluding hydrogens is 340 g/mol. The van der Waals surface area contributed by atoms with Gasteiger partial charge in [0, 0.05) is 30.0 Å². The monoisotopic (exact) mass is 366 g/mol. The molecule has 3 atom stereocenters. The number of halogens is 1. The van der Waals surface area contributed by atoms with Crippen LogP contribution in [0.25, 0.3) is 0 Å². The molecule has 0 spiro atoms. The molecule has 1 aromatic rings. The van der Waals surface area contributed by atoms with Gasteiger partial charge in [0.1, 0.15) is 17.9 Å². The van der Waals surface area contributed by atoms with E-state index in [-0.39, 0.29) is 23.3 Å². The van der Waals surface area contributed by atoms with E-state index in [1.807, 2.05) is 26.0 Å². The maximum Gasteiger partial charge on any atom is 0.243 e. The summed E-state index contributed by atoms with van der Waals surface area (Å²) in [5.74, 6) is 0.810. The van der Waals surface area contributed by atoms with Gasteiger partial charge < -0.3 is 20.1 Å². The first kappa shape index (κ1) is 18.5. The second-order valence-electron chi connectivity index (χ2n) is 7.66. The zero-order chi connectivity index (χ0) is 18.2. The molecule has 25 heavy (non-hydrogen) atoms. The second kappa shape index (κ2) is 6.78. The number of carbonyl (C=O) groups excluding carboxylic acids is 1. The Hall–Kier alpha value is -1.30. The fourth-order valence-electron chi connectivity index (χ4n) is 4.26. The van der Waals surface area contributed by atoms with Crippen molar-refractivity contribution in [1.82, 2.24) is 4.90 Å². The minimum absolute atomic E-state index is 0.0241. The van der Waals surface area contributed by atoms with Crippen LogP contribution in [0.2, 0.25) is 5.02 Å². The standard InChI is InChI=1S/C19H27ClN2O3/c1-18(2)16-15(5-4-11-25-16)19(18,21)17(23)22(3)10-12-24-14-8-6-13(20)7-9-14/h6-9,15-16H,4-5,10-12,21H2,1-3H3. The Morgan fingerprint density at radius 1 is 1.40 bits per heavy atom. The first-order valence-electron chi connectivity index (χ1n) is 8.83. The molecular formula is C19H27ClN2O3. The second-order valence-corrected chi connectivity index (χ2v) is 8.10. The Kier molecular flexibility index (Phi) is 5.02. The average molecular weight is 367 g/mol. The van der Waals surface area contributed by atoms with E-state index in [4.69, 9.17) is 26.8 Å². The lowest BCUT2D eigenvalue weighted by atomic mass is 9.46. The molecule has 1 saturated carbocycles. The molecule has 3 unspecified atom stereocenters. The number of ether oxygens (including phenoxy) is 2. The van der Waals surface area contributed by atoms with E-state index in [2.05, 4.69) is 0 Å². The molecule has 2 N–H and O–H groups in total. The molecule has 3 rings (SSSR count). The number of likely N-dealkylation sites (N-methyl/N-ethyl adjacent to an activating group) is 1. The van der Waals surface area contributed by atoms with E-state index < -0.39 is 5.54 Å². The van der Waals surface area contributed by atoms with Gasteiger partial charge in [-0.05, 0) is 37.1 Å². The van der Waals surface area contributed by atoms with Crippen molar-refractivity contribution in [3.05, 3.63) is 29.3 Å². The van der Waals surface area contributed by atoms with Gasteiger partial charge in [0.25, 0.3) is 0 Å². The largest absolute Gasteiger partial charge is 0.492 e. The minimum atomic E-state index is -0.868. The van der Waals surface area contributed by atoms with Crippen LogP contribution in [0.3, 0.4) is 0 Å². The van der Waals surface area contributed by atoms with Crippen molar-refractivity contribution in [3.8, 4) is 5.75 Å². The highest BCUT2D eigenvalue weighted by Gasteiger charge is 2.70. The molecule has 1 aliphatic carbocycles. The smallest absolute Gasteiger partial charge is 0.243 e. The maximum absolute atomic E-state index is 13.1. The molecule has 1 aromatic carbocycles. The number of nitrogens with two attached hydrogens (primary N) is 1. The van der Waals surface area contributed by atoms with Crippen LogP contribution >= 0.6 is 11.6 Å². The van der Waals surface area contributed by atoms with Gasteiger partial charge >= 0.3 is 0 Å². The topological polar surface area (TPSA) is 64.8 Å². The molecule has 0 radical (unpaired) electrons. The Morgan fingerprint density at radius 2 is 2.08 bits per heavy atom. The molecule has 1 saturated heterocycles. The molecule has 5 nitrogen and oxygen atoms in total. The molecule has 1 aliphatic heterocycles. The Morgan fingerprint density at radius 3 is 2.76 bits per heavy atom. The third-order valence-corrected chi connectivity index (χ3v) is 6.15. The van der Waals surface area contributed by atoms with E-state index in [0.29, 0.717) is 18.2 Å². The minimum Gasteiger partial charge on any atom is -0.492 e. The van der Waals surface area contributed by atoms with Gasteiger partial charge in [-0.2, -0.15) is 0 Å². The highest BCUT2D eigenvalue weighted by atomic mass is 35.5. The number of carbonyl (C=O) groups is 1. The number of fused-ring (bicyclic) bond motifs is 1. The number of amides is 1. The molecule has 1 amide bonds. The summed E-state index contributed by atoms with van der Waals surface area (Å²) in [6.45, 7) is 5.73. The number of rotatable bonds is 5. The van der Waals surface area contributed by atoms with Gasteiger partial charge in [-0.1, -0.05) is 25.4 Å². The van der Waals surface area contributed by atoms with E-state index in [9.17, 15) is 4.79 Å². The predicted octanol–water partition coefficient (Wildman–Crippen LogP) is 2.71. The number of benzene rings is 1. The third-order valence-electron chi connectivity index (χ3n) is 5.89. The first-order valence-corrected chi connectivity index (χ1v) is 9.20. The van der Waals surface area contributed by atoms with E-state index in [1.54, 1.807) is 24.1 Å². The van der Waals surface area contributed by atoms with Crippen LogP contribution in [0.5, 0.6) is 5.75 Å². The van der Waals surface area contributed by atoms with Gasteiger partial charge in [-0.3, -0.25) is 4.79 Å². The molecule has 6 heteroatoms. The van der Waals surface area contributed by atoms with Crippen LogP contribution in [-0.4, -0.2) is 49.3 Å². The van der Waals surface area contributed by atoms with E-state index >= 15 is 0 Å². The molecule has 1 heterocycles. The number of hydrogen-bond donors (Lipinski definition) is 1. The highest BCUT2D eigenvalue weighted by Crippen LogP contribution is 2.57. The first-order chi connectivity index (χ1) is 11.8. The molecule has 2 fully saturated rings. The fraction of sp³-hybridized carbons (Fsp3) is 0.632. The van der Waals surface area contributed by atoms with Gasteiger partial charge in [0.05, 0.1) is 12.6 Å². The summed E-state index contributed by atoms with van der Waals surface area (Å²) in [4.78, 5) is 14.8. The van der Waals surface area contributed by atoms with Gasteiger partial charge in [-0.15, -0.1) is 0 Å². The molecule has 0 aromatic heterocycles. The summed E-state index contributed by atoms with van der Waals surface area (Å²) in [5.41, 5.74) is 5.42. The fourth-order valence-corrected chi connectivity index (χ4v) is 4.38. The molecule has 138 valence electrons. The molecule has 2 aliphatic rings. The van der Waals surface area contributed by atoms with Crippen molar-refractivity contribution >= 4 is 17.5 Å². The Labute approximate surface area is 154 Å². The molecule has 0 bridgehead atoms. The SMILES string of the molecule is CN(CCOc1ccc(Cl)cc1)C(=O)C1(N)C2CCCOC2C1(C)C. The van der Waals surface area contributed by atoms with Crippen molar-refractivity contribution in [1.29, 1.82) is 0 Å². The van der Waals surface area contributed by atoms with E-state index in [0.717, 1.165) is 25.2 Å². The van der Waals surface area contributed by atoms with Gasteiger partial charge in [0.15, 0.2) is 0 Å². The van der Waals surface area contributed by atoms with Crippen LogP contribution in [0, 0.1) is 11.3 Å². The van der Waals surface area contributed by atoms with Gasteiger partial charge in [-0.25, -0.2) is 0 Å². The number of hydrogen-bond acceptors (Lipinski definition) is 4. The van der Waals surface area contributed by atoms with Gasteiger partial charge in [0.2, 0.25) is 5.91 Å². The average Bonchev–Trinajstić information content (AvgIpc) is 2.61. The van der Waals surface area contributed by atoms with Crippen LogP contribution in [0.1, 0.15) is 26.7 Å². The summed E-state index contributed by atoms with van der Waals surface area (Å²) in [5, 5.41) is 0.668. The third kappa shape index (κ3) is 3.03. The summed E-state index contributed by atoms with van der Waals surface area (Å²) in [6.07, 6.45) is 1.99. The van der Waals surface area contributed by atoms with Crippen molar-refractivity contribution in [2.24, 2.45) is 17.1 Å². The van der Waals surface area contributed by atoms with Crippen LogP contribution in [0.15, 0.2) is 24.3 Å². The summed E-state index contributed by atoms with van der Waals surface area (Å²) < 4.78 is 11.6.